The maximum absolute atomic E-state index is 11.6. The predicted octanol–water partition coefficient (Wildman–Crippen LogP) is 1.39. The quantitative estimate of drug-likeness (QED) is 0.740. The van der Waals surface area contributed by atoms with Crippen molar-refractivity contribution in [2.45, 2.75) is 19.9 Å². The molecule has 2 atom stereocenters. The Bertz CT molecular complexity index is 327. The molecule has 0 aliphatic heterocycles. The van der Waals surface area contributed by atoms with E-state index in [2.05, 4.69) is 5.48 Å². The van der Waals surface area contributed by atoms with Gasteiger partial charge in [-0.3, -0.25) is 9.63 Å². The number of carbonyl (C=O) groups excluding carboxylic acids is 1. The summed E-state index contributed by atoms with van der Waals surface area (Å²) in [4.78, 5) is 16.4. The molecule has 0 aliphatic rings. The Labute approximate surface area is 95.7 Å². The zero-order valence-electron chi connectivity index (χ0n) is 9.64. The van der Waals surface area contributed by atoms with Crippen molar-refractivity contribution in [2.24, 2.45) is 11.7 Å². The third-order valence-electron chi connectivity index (χ3n) is 2.45. The van der Waals surface area contributed by atoms with Crippen LogP contribution in [-0.4, -0.2) is 12.5 Å². The molecule has 0 fully saturated rings. The molecule has 0 bridgehead atoms. The highest BCUT2D eigenvalue weighted by Crippen LogP contribution is 2.18. The normalized spacial score (nSPS) is 14.2. The first-order valence-electron chi connectivity index (χ1n) is 5.39. The Morgan fingerprint density at radius 1 is 1.44 bits per heavy atom. The van der Waals surface area contributed by atoms with Gasteiger partial charge >= 0.3 is 0 Å². The van der Waals surface area contributed by atoms with Crippen molar-refractivity contribution in [1.29, 1.82) is 0 Å². The largest absolute Gasteiger partial charge is 0.323 e. The molecule has 4 nitrogen and oxygen atoms in total. The van der Waals surface area contributed by atoms with Crippen LogP contribution in [0.1, 0.15) is 25.5 Å². The number of hydrogen-bond donors (Lipinski definition) is 2. The monoisotopic (exact) mass is 222 g/mol. The van der Waals surface area contributed by atoms with Gasteiger partial charge in [0, 0.05) is 6.04 Å². The minimum Gasteiger partial charge on any atom is -0.323 e. The van der Waals surface area contributed by atoms with Crippen LogP contribution in [0.3, 0.4) is 0 Å². The van der Waals surface area contributed by atoms with Crippen LogP contribution in [0.25, 0.3) is 0 Å². The second kappa shape index (κ2) is 6.25. The maximum atomic E-state index is 11.6. The summed E-state index contributed by atoms with van der Waals surface area (Å²) >= 11 is 0. The molecule has 88 valence electrons. The molecule has 4 heteroatoms. The second-order valence-corrected chi connectivity index (χ2v) is 3.62. The SMILES string of the molecule is CCONC(=O)C(C)C(N)c1ccccc1. The van der Waals surface area contributed by atoms with Crippen molar-refractivity contribution in [3.05, 3.63) is 35.9 Å². The topological polar surface area (TPSA) is 64.3 Å². The first-order chi connectivity index (χ1) is 7.66. The van der Waals surface area contributed by atoms with E-state index in [1.807, 2.05) is 37.3 Å². The molecule has 0 saturated carbocycles. The summed E-state index contributed by atoms with van der Waals surface area (Å²) in [5.74, 6) is -0.521. The van der Waals surface area contributed by atoms with Gasteiger partial charge in [-0.25, -0.2) is 5.48 Å². The number of hydrogen-bond acceptors (Lipinski definition) is 3. The van der Waals surface area contributed by atoms with Gasteiger partial charge in [-0.2, -0.15) is 0 Å². The average molecular weight is 222 g/mol. The maximum Gasteiger partial charge on any atom is 0.248 e. The van der Waals surface area contributed by atoms with Crippen LogP contribution in [-0.2, 0) is 9.63 Å². The predicted molar refractivity (Wildman–Crippen MR) is 62.3 cm³/mol. The summed E-state index contributed by atoms with van der Waals surface area (Å²) in [5.41, 5.74) is 9.30. The highest BCUT2D eigenvalue weighted by Gasteiger charge is 2.21. The minimum absolute atomic E-state index is 0.196. The summed E-state index contributed by atoms with van der Waals surface area (Å²) in [6, 6.07) is 9.23. The van der Waals surface area contributed by atoms with Crippen molar-refractivity contribution in [2.75, 3.05) is 6.61 Å². The van der Waals surface area contributed by atoms with Gasteiger partial charge < -0.3 is 5.73 Å². The minimum atomic E-state index is -0.325. The van der Waals surface area contributed by atoms with Crippen LogP contribution in [0.2, 0.25) is 0 Å². The third-order valence-corrected chi connectivity index (χ3v) is 2.45. The molecule has 1 rings (SSSR count). The molecule has 1 amide bonds. The van der Waals surface area contributed by atoms with Crippen LogP contribution in [0.5, 0.6) is 0 Å². The van der Waals surface area contributed by atoms with Crippen LogP contribution < -0.4 is 11.2 Å². The molecule has 1 aromatic carbocycles. The van der Waals surface area contributed by atoms with E-state index in [0.717, 1.165) is 5.56 Å². The first-order valence-corrected chi connectivity index (χ1v) is 5.39. The number of nitrogens with one attached hydrogen (secondary N) is 1. The molecular formula is C12H18N2O2. The molecule has 2 unspecified atom stereocenters. The molecule has 16 heavy (non-hydrogen) atoms. The molecule has 0 spiro atoms. The van der Waals surface area contributed by atoms with Crippen LogP contribution >= 0.6 is 0 Å². The Hall–Kier alpha value is -1.39. The summed E-state index contributed by atoms with van der Waals surface area (Å²) in [6.07, 6.45) is 0. The second-order valence-electron chi connectivity index (χ2n) is 3.62. The van der Waals surface area contributed by atoms with E-state index in [9.17, 15) is 4.79 Å². The Morgan fingerprint density at radius 3 is 2.62 bits per heavy atom. The molecule has 0 aromatic heterocycles. The third kappa shape index (κ3) is 3.32. The zero-order chi connectivity index (χ0) is 12.0. The lowest BCUT2D eigenvalue weighted by Gasteiger charge is -2.19. The van der Waals surface area contributed by atoms with Crippen molar-refractivity contribution >= 4 is 5.91 Å². The van der Waals surface area contributed by atoms with E-state index >= 15 is 0 Å². The molecule has 0 radical (unpaired) electrons. The number of nitrogens with two attached hydrogens (primary N) is 1. The summed E-state index contributed by atoms with van der Waals surface area (Å²) in [7, 11) is 0. The number of rotatable bonds is 5. The van der Waals surface area contributed by atoms with Gasteiger partial charge in [0.15, 0.2) is 0 Å². The fourth-order valence-electron chi connectivity index (χ4n) is 1.36. The summed E-state index contributed by atoms with van der Waals surface area (Å²) in [5, 5.41) is 0. The van der Waals surface area contributed by atoms with Crippen LogP contribution in [0.4, 0.5) is 0 Å². The Balaban J connectivity index is 2.60. The Kier molecular flexibility index (Phi) is 4.95. The lowest BCUT2D eigenvalue weighted by molar-refractivity contribution is -0.137. The summed E-state index contributed by atoms with van der Waals surface area (Å²) in [6.45, 7) is 4.03. The molecule has 0 saturated heterocycles. The Morgan fingerprint density at radius 2 is 2.06 bits per heavy atom. The highest BCUT2D eigenvalue weighted by atomic mass is 16.6. The smallest absolute Gasteiger partial charge is 0.248 e. The fraction of sp³-hybridized carbons (Fsp3) is 0.417. The number of amides is 1. The standard InChI is InChI=1S/C12H18N2O2/c1-3-16-14-12(15)9(2)11(13)10-7-5-4-6-8-10/h4-9,11H,3,13H2,1-2H3,(H,14,15). The molecule has 0 aliphatic carbocycles. The van der Waals surface area contributed by atoms with Gasteiger partial charge in [0.1, 0.15) is 0 Å². The van der Waals surface area contributed by atoms with E-state index in [1.54, 1.807) is 6.92 Å². The van der Waals surface area contributed by atoms with Gasteiger partial charge in [-0.1, -0.05) is 37.3 Å². The fourth-order valence-corrected chi connectivity index (χ4v) is 1.36. The van der Waals surface area contributed by atoms with E-state index in [-0.39, 0.29) is 17.9 Å². The van der Waals surface area contributed by atoms with Crippen LogP contribution in [0.15, 0.2) is 30.3 Å². The van der Waals surface area contributed by atoms with Crippen molar-refractivity contribution in [1.82, 2.24) is 5.48 Å². The van der Waals surface area contributed by atoms with Gasteiger partial charge in [-0.05, 0) is 12.5 Å². The number of carbonyl (C=O) groups is 1. The van der Waals surface area contributed by atoms with Crippen molar-refractivity contribution < 1.29 is 9.63 Å². The molecule has 0 heterocycles. The molecule has 1 aromatic rings. The molecular weight excluding hydrogens is 204 g/mol. The lowest BCUT2D eigenvalue weighted by Crippen LogP contribution is -2.35. The number of hydroxylamine groups is 1. The van der Waals surface area contributed by atoms with E-state index in [4.69, 9.17) is 10.6 Å². The van der Waals surface area contributed by atoms with E-state index < -0.39 is 0 Å². The van der Waals surface area contributed by atoms with Gasteiger partial charge in [0.25, 0.3) is 0 Å². The highest BCUT2D eigenvalue weighted by molar-refractivity contribution is 5.78. The average Bonchev–Trinajstić information content (AvgIpc) is 2.35. The van der Waals surface area contributed by atoms with E-state index in [0.29, 0.717) is 6.61 Å². The van der Waals surface area contributed by atoms with Crippen LogP contribution in [0, 0.1) is 5.92 Å². The summed E-state index contributed by atoms with van der Waals surface area (Å²) < 4.78 is 0. The first kappa shape index (κ1) is 12.7. The zero-order valence-corrected chi connectivity index (χ0v) is 9.64. The molecule has 3 N–H and O–H groups in total. The van der Waals surface area contributed by atoms with E-state index in [1.165, 1.54) is 0 Å². The van der Waals surface area contributed by atoms with Crippen molar-refractivity contribution in [3.63, 3.8) is 0 Å². The van der Waals surface area contributed by atoms with Gasteiger partial charge in [-0.15, -0.1) is 0 Å². The van der Waals surface area contributed by atoms with Gasteiger partial charge in [0.05, 0.1) is 12.5 Å². The lowest BCUT2D eigenvalue weighted by atomic mass is 9.95. The van der Waals surface area contributed by atoms with Gasteiger partial charge in [0.2, 0.25) is 5.91 Å². The number of benzene rings is 1. The van der Waals surface area contributed by atoms with Crippen molar-refractivity contribution in [3.8, 4) is 0 Å².